The summed E-state index contributed by atoms with van der Waals surface area (Å²) < 4.78 is 87.2. The molecule has 2 saturated heterocycles. The molecule has 360 valence electrons. The van der Waals surface area contributed by atoms with Crippen LogP contribution in [0, 0.1) is 13.8 Å². The summed E-state index contributed by atoms with van der Waals surface area (Å²) in [5, 5.41) is 14.2. The second kappa shape index (κ2) is 21.5. The summed E-state index contributed by atoms with van der Waals surface area (Å²) in [6.45, 7) is 8.68. The van der Waals surface area contributed by atoms with E-state index in [0.717, 1.165) is 67.3 Å². The van der Waals surface area contributed by atoms with Gasteiger partial charge in [-0.15, -0.1) is 24.9 Å². The number of anilines is 4. The molecule has 0 amide bonds. The van der Waals surface area contributed by atoms with E-state index >= 15 is 0 Å². The predicted octanol–water partition coefficient (Wildman–Crippen LogP) is 10.8. The minimum Gasteiger partial charge on any atom is -0.604 e. The van der Waals surface area contributed by atoms with Gasteiger partial charge in [0.05, 0.1) is 28.0 Å². The van der Waals surface area contributed by atoms with Crippen LogP contribution in [-0.2, 0) is 28.2 Å². The minimum atomic E-state index is -4.95. The molecule has 3 heterocycles. The van der Waals surface area contributed by atoms with Crippen molar-refractivity contribution in [3.63, 3.8) is 0 Å². The number of piperidine rings is 1. The highest BCUT2D eigenvalue weighted by atomic mass is 35.5. The average Bonchev–Trinajstić information content (AvgIpc) is 3.59. The van der Waals surface area contributed by atoms with Crippen LogP contribution < -0.4 is 19.8 Å². The van der Waals surface area contributed by atoms with Crippen molar-refractivity contribution in [1.82, 2.24) is 9.47 Å². The van der Waals surface area contributed by atoms with Crippen molar-refractivity contribution in [3.05, 3.63) is 138 Å². The third-order valence-electron chi connectivity index (χ3n) is 12.8. The maximum Gasteiger partial charge on any atom is 0.578 e. The number of halogens is 4. The second-order valence-electron chi connectivity index (χ2n) is 17.4. The number of likely N-dealkylation sites (tertiary alicyclic amines) is 1. The maximum absolute atomic E-state index is 14.1. The molecule has 0 radical (unpaired) electrons. The average molecular weight is 1010 g/mol. The molecule has 17 heteroatoms. The van der Waals surface area contributed by atoms with E-state index in [0.29, 0.717) is 53.7 Å². The van der Waals surface area contributed by atoms with Gasteiger partial charge in [0.15, 0.2) is 4.90 Å². The Labute approximate surface area is 409 Å². The number of hydrogen-bond acceptors (Lipinski definition) is 9. The van der Waals surface area contributed by atoms with Crippen molar-refractivity contribution >= 4 is 67.3 Å². The maximum atomic E-state index is 14.1. The summed E-state index contributed by atoms with van der Waals surface area (Å²) >= 11 is 4.68. The highest BCUT2D eigenvalue weighted by Gasteiger charge is 2.49. The number of rotatable bonds is 16. The molecular formula is C51H56ClF3N6O4S3. The summed E-state index contributed by atoms with van der Waals surface area (Å²) in [6, 6.07) is 37.1. The molecule has 68 heavy (non-hydrogen) atoms. The summed E-state index contributed by atoms with van der Waals surface area (Å²) in [5.41, 5.74) is 1.17. The van der Waals surface area contributed by atoms with Crippen molar-refractivity contribution in [2.24, 2.45) is 7.05 Å². The molecule has 1 unspecified atom stereocenters. The number of nitrogens with zero attached hydrogens (tertiary/aromatic N) is 4. The van der Waals surface area contributed by atoms with Crippen LogP contribution in [0.4, 0.5) is 35.9 Å². The van der Waals surface area contributed by atoms with Gasteiger partial charge in [-0.3, -0.25) is 4.72 Å². The van der Waals surface area contributed by atoms with Crippen molar-refractivity contribution in [2.45, 2.75) is 65.5 Å². The molecule has 0 saturated carbocycles. The fraction of sp³-hybridized carbons (Fsp3) is 0.333. The third-order valence-corrected chi connectivity index (χ3v) is 16.9. The highest BCUT2D eigenvalue weighted by molar-refractivity contribution is 7.99. The van der Waals surface area contributed by atoms with Gasteiger partial charge in [0, 0.05) is 97.3 Å². The Bertz CT molecular complexity index is 2770. The third kappa shape index (κ3) is 11.8. The van der Waals surface area contributed by atoms with Gasteiger partial charge in [0.25, 0.3) is 10.0 Å². The number of thioether (sulfide) groups is 1. The van der Waals surface area contributed by atoms with Crippen molar-refractivity contribution < 1.29 is 31.2 Å². The van der Waals surface area contributed by atoms with Gasteiger partial charge in [-0.05, 0) is 129 Å². The molecule has 10 nitrogen and oxygen atoms in total. The monoisotopic (exact) mass is 1000 g/mol. The number of aryl methyl sites for hydroxylation is 1. The van der Waals surface area contributed by atoms with Crippen molar-refractivity contribution in [3.8, 4) is 22.4 Å². The zero-order valence-electron chi connectivity index (χ0n) is 38.2. The Morgan fingerprint density at radius 1 is 0.824 bits per heavy atom. The van der Waals surface area contributed by atoms with Gasteiger partial charge in [-0.1, -0.05) is 54.1 Å². The molecule has 0 spiro atoms. The van der Waals surface area contributed by atoms with Crippen molar-refractivity contribution in [2.75, 3.05) is 71.4 Å². The van der Waals surface area contributed by atoms with E-state index in [1.807, 2.05) is 61.5 Å². The minimum absolute atomic E-state index is 0.134. The van der Waals surface area contributed by atoms with Crippen LogP contribution in [0.15, 0.2) is 136 Å². The fourth-order valence-corrected chi connectivity index (χ4v) is 12.2. The first-order chi connectivity index (χ1) is 32.5. The number of aliphatic hydroxyl groups excluding tert-OH is 1. The lowest BCUT2D eigenvalue weighted by Crippen LogP contribution is -2.46. The van der Waals surface area contributed by atoms with Gasteiger partial charge in [0.1, 0.15) is 11.2 Å². The first-order valence-corrected chi connectivity index (χ1v) is 26.7. The Hall–Kier alpha value is -4.81. The molecule has 1 aromatic heterocycles. The summed E-state index contributed by atoms with van der Waals surface area (Å²) in [5.74, 6) is 0.839. The number of piperazine rings is 1. The van der Waals surface area contributed by atoms with Crippen LogP contribution in [0.25, 0.3) is 22.4 Å². The van der Waals surface area contributed by atoms with Crippen LogP contribution >= 0.6 is 23.4 Å². The molecule has 2 aliphatic rings. The number of hydrogen-bond donors (Lipinski definition) is 3. The van der Waals surface area contributed by atoms with Crippen LogP contribution in [0.1, 0.15) is 30.5 Å². The first kappa shape index (κ1) is 49.6. The normalized spacial score (nSPS) is 16.2. The van der Waals surface area contributed by atoms with E-state index in [4.69, 9.17) is 11.6 Å². The predicted molar refractivity (Wildman–Crippen MR) is 272 cm³/mol. The second-order valence-corrected chi connectivity index (χ2v) is 22.0. The van der Waals surface area contributed by atoms with Crippen LogP contribution in [0.2, 0.25) is 5.02 Å². The first-order valence-electron chi connectivity index (χ1n) is 22.7. The Morgan fingerprint density at radius 3 is 2.13 bits per heavy atom. The molecule has 0 aliphatic carbocycles. The number of sulfonamides is 1. The summed E-state index contributed by atoms with van der Waals surface area (Å²) in [7, 11) is -2.22. The van der Waals surface area contributed by atoms with E-state index in [1.165, 1.54) is 4.90 Å². The number of alkyl halides is 3. The quantitative estimate of drug-likeness (QED) is 0.0644. The standard InChI is InChI=1S/C51H56ClF3N6O4S3/c1-35-32-46(20-21-47(35)56-41(34-66-45-10-5-4-6-11-45)22-25-59-26-23-44(62)24-27-59)68(64,65)57-40-16-18-42(19-17-40)60-28-30-61(31-29-60)43-9-7-8-38(33-43)48-49(37-12-14-39(52)15-13-37)58(3)36(2)50(48)67(63)51(53,54)55/h4-21,32-33,41,44,56-57,62H,22-31,34H2,1-3H3/t41-,67?/m1/s1. The Kier molecular flexibility index (Phi) is 15.6. The fourth-order valence-electron chi connectivity index (χ4n) is 8.94. The lowest BCUT2D eigenvalue weighted by Gasteiger charge is -2.37. The van der Waals surface area contributed by atoms with Gasteiger partial charge >= 0.3 is 5.51 Å². The summed E-state index contributed by atoms with van der Waals surface area (Å²) in [4.78, 5) is 7.88. The van der Waals surface area contributed by atoms with Gasteiger partial charge in [0.2, 0.25) is 0 Å². The molecule has 5 aromatic carbocycles. The zero-order valence-corrected chi connectivity index (χ0v) is 41.4. The van der Waals surface area contributed by atoms with E-state index < -0.39 is 26.7 Å². The highest BCUT2D eigenvalue weighted by Crippen LogP contribution is 2.46. The van der Waals surface area contributed by atoms with E-state index in [1.54, 1.807) is 84.9 Å². The summed E-state index contributed by atoms with van der Waals surface area (Å²) in [6.07, 6.45) is 2.27. The molecule has 0 bridgehead atoms. The largest absolute Gasteiger partial charge is 0.604 e. The smallest absolute Gasteiger partial charge is 0.578 e. The van der Waals surface area contributed by atoms with E-state index in [2.05, 4.69) is 36.9 Å². The molecule has 2 aliphatic heterocycles. The van der Waals surface area contributed by atoms with E-state index in [-0.39, 0.29) is 33.2 Å². The number of aromatic nitrogens is 1. The lowest BCUT2D eigenvalue weighted by molar-refractivity contribution is -0.0435. The molecular weight excluding hydrogens is 949 g/mol. The van der Waals surface area contributed by atoms with Crippen LogP contribution in [-0.4, -0.2) is 96.8 Å². The molecule has 2 fully saturated rings. The molecule has 3 N–H and O–H groups in total. The molecule has 6 aromatic rings. The zero-order chi connectivity index (χ0) is 48.2. The van der Waals surface area contributed by atoms with Crippen LogP contribution in [0.3, 0.4) is 0 Å². The van der Waals surface area contributed by atoms with Gasteiger partial charge < -0.3 is 34.2 Å². The number of nitrogens with one attached hydrogen (secondary N) is 2. The van der Waals surface area contributed by atoms with Gasteiger partial charge in [-0.2, -0.15) is 0 Å². The van der Waals surface area contributed by atoms with Gasteiger partial charge in [-0.25, -0.2) is 8.42 Å². The number of aliphatic hydroxyl groups is 1. The molecule has 8 rings (SSSR count). The van der Waals surface area contributed by atoms with Crippen molar-refractivity contribution in [1.29, 1.82) is 0 Å². The Balaban J connectivity index is 0.908. The topological polar surface area (TPSA) is 116 Å². The van der Waals surface area contributed by atoms with Crippen LogP contribution in [0.5, 0.6) is 0 Å². The number of benzene rings is 5. The molecule has 2 atom stereocenters. The SMILES string of the molecule is Cc1cc(S(=O)(=O)Nc2ccc(N3CCN(c4cccc(-c5c([S+]([O-])C(F)(F)F)c(C)n(C)c5-c5ccc(Cl)cc5)c4)CC3)cc2)ccc1N[C@H](CCN1CCC(O)CC1)CSc1ccccc1. The Morgan fingerprint density at radius 2 is 1.49 bits per heavy atom. The lowest BCUT2D eigenvalue weighted by atomic mass is 10.00. The van der Waals surface area contributed by atoms with E-state index in [9.17, 15) is 31.2 Å².